The van der Waals surface area contributed by atoms with Gasteiger partial charge in [0.25, 0.3) is 0 Å². The molecule has 1 saturated heterocycles. The van der Waals surface area contributed by atoms with E-state index in [4.69, 9.17) is 4.74 Å². The van der Waals surface area contributed by atoms with Crippen LogP contribution in [-0.4, -0.2) is 54.3 Å². The second kappa shape index (κ2) is 9.66. The topological polar surface area (TPSA) is 104 Å². The van der Waals surface area contributed by atoms with Crippen molar-refractivity contribution < 1.29 is 27.9 Å². The first-order valence-electron chi connectivity index (χ1n) is 10.6. The maximum absolute atomic E-state index is 13.5. The summed E-state index contributed by atoms with van der Waals surface area (Å²) in [5.41, 5.74) is 1.20. The second-order valence-electron chi connectivity index (χ2n) is 7.84. The van der Waals surface area contributed by atoms with Crippen LogP contribution >= 0.6 is 0 Å². The standard InChI is InChI=1S/C25H24N2O6S/c1-33-21-15-9-8-14-20(21)23-24(25(29)30)27(34(31,32)19-12-6-3-7-13-19)17-22(28)26(23)16-18-10-4-2-5-11-18/h2-15,23-24H,16-17H2,1H3,(H,29,30)/t23-,24+/m1/s1. The SMILES string of the molecule is COc1ccccc1[C@@H]1[C@@H](C(=O)O)N(S(=O)(=O)c2ccccc2)CC(=O)N1Cc1ccccc1. The zero-order valence-electron chi connectivity index (χ0n) is 18.4. The highest BCUT2D eigenvalue weighted by Gasteiger charge is 2.51. The number of hydrogen-bond donors (Lipinski definition) is 1. The number of carboxylic acids is 1. The van der Waals surface area contributed by atoms with Gasteiger partial charge in [0, 0.05) is 12.1 Å². The van der Waals surface area contributed by atoms with Crippen molar-refractivity contribution in [2.24, 2.45) is 0 Å². The summed E-state index contributed by atoms with van der Waals surface area (Å²) < 4.78 is 33.3. The minimum atomic E-state index is -4.28. The van der Waals surface area contributed by atoms with E-state index in [-0.39, 0.29) is 11.4 Å². The number of methoxy groups -OCH3 is 1. The maximum Gasteiger partial charge on any atom is 0.324 e. The van der Waals surface area contributed by atoms with Crippen molar-refractivity contribution in [3.63, 3.8) is 0 Å². The third-order valence-corrected chi connectivity index (χ3v) is 7.65. The van der Waals surface area contributed by atoms with Crippen LogP contribution in [0.15, 0.2) is 89.8 Å². The molecule has 9 heteroatoms. The number of ether oxygens (including phenoxy) is 1. The molecule has 1 N–H and O–H groups in total. The Hall–Kier alpha value is -3.69. The van der Waals surface area contributed by atoms with Gasteiger partial charge in [0.2, 0.25) is 15.9 Å². The quantitative estimate of drug-likeness (QED) is 0.558. The maximum atomic E-state index is 13.5. The molecule has 4 rings (SSSR count). The first-order valence-corrected chi connectivity index (χ1v) is 12.0. The average molecular weight is 481 g/mol. The largest absolute Gasteiger partial charge is 0.496 e. The third kappa shape index (κ3) is 4.40. The number of carboxylic acid groups (broad SMARTS) is 1. The molecule has 1 aliphatic rings. The van der Waals surface area contributed by atoms with Gasteiger partial charge in [-0.1, -0.05) is 66.7 Å². The zero-order valence-corrected chi connectivity index (χ0v) is 19.3. The summed E-state index contributed by atoms with van der Waals surface area (Å²) in [4.78, 5) is 27.4. The van der Waals surface area contributed by atoms with Gasteiger partial charge in [-0.2, -0.15) is 4.31 Å². The lowest BCUT2D eigenvalue weighted by Gasteiger charge is -2.45. The Bertz CT molecular complexity index is 1280. The van der Waals surface area contributed by atoms with E-state index in [0.29, 0.717) is 11.3 Å². The summed E-state index contributed by atoms with van der Waals surface area (Å²) in [6, 6.07) is 20.7. The Labute approximate surface area is 198 Å². The number of carbonyl (C=O) groups is 2. The summed E-state index contributed by atoms with van der Waals surface area (Å²) in [6.07, 6.45) is 0. The van der Waals surface area contributed by atoms with Gasteiger partial charge in [0.1, 0.15) is 11.8 Å². The van der Waals surface area contributed by atoms with Crippen molar-refractivity contribution in [2.45, 2.75) is 23.5 Å². The van der Waals surface area contributed by atoms with E-state index in [1.165, 1.54) is 24.1 Å². The molecule has 34 heavy (non-hydrogen) atoms. The first-order chi connectivity index (χ1) is 16.3. The van der Waals surface area contributed by atoms with Crippen LogP contribution in [0.4, 0.5) is 0 Å². The van der Waals surface area contributed by atoms with Crippen molar-refractivity contribution in [1.82, 2.24) is 9.21 Å². The van der Waals surface area contributed by atoms with Crippen LogP contribution in [0.2, 0.25) is 0 Å². The molecule has 0 spiro atoms. The predicted octanol–water partition coefficient (Wildman–Crippen LogP) is 2.92. The van der Waals surface area contributed by atoms with Gasteiger partial charge < -0.3 is 14.7 Å². The highest BCUT2D eigenvalue weighted by atomic mass is 32.2. The summed E-state index contributed by atoms with van der Waals surface area (Å²) in [6.45, 7) is -0.474. The highest BCUT2D eigenvalue weighted by Crippen LogP contribution is 2.39. The fraction of sp³-hybridized carbons (Fsp3) is 0.200. The van der Waals surface area contributed by atoms with E-state index >= 15 is 0 Å². The monoisotopic (exact) mass is 480 g/mol. The molecule has 1 heterocycles. The minimum absolute atomic E-state index is 0.0793. The Balaban J connectivity index is 1.88. The van der Waals surface area contributed by atoms with Crippen LogP contribution in [0.5, 0.6) is 5.75 Å². The number of benzene rings is 3. The van der Waals surface area contributed by atoms with Gasteiger partial charge in [-0.05, 0) is 23.8 Å². The first kappa shape index (κ1) is 23.5. The molecule has 3 aromatic rings. The molecule has 0 bridgehead atoms. The normalized spacial score (nSPS) is 19.1. The Morgan fingerprint density at radius 1 is 0.971 bits per heavy atom. The van der Waals surface area contributed by atoms with Crippen molar-refractivity contribution in [3.05, 3.63) is 96.1 Å². The summed E-state index contributed by atoms with van der Waals surface area (Å²) in [7, 11) is -2.84. The van der Waals surface area contributed by atoms with Crippen LogP contribution < -0.4 is 4.74 Å². The molecule has 1 aliphatic heterocycles. The Morgan fingerprint density at radius 2 is 1.56 bits per heavy atom. The Kier molecular flexibility index (Phi) is 6.67. The third-order valence-electron chi connectivity index (χ3n) is 5.81. The van der Waals surface area contributed by atoms with E-state index in [0.717, 1.165) is 9.87 Å². The van der Waals surface area contributed by atoms with Gasteiger partial charge in [-0.3, -0.25) is 9.59 Å². The lowest BCUT2D eigenvalue weighted by Crippen LogP contribution is -2.61. The summed E-state index contributed by atoms with van der Waals surface area (Å²) in [5.74, 6) is -1.50. The van der Waals surface area contributed by atoms with Crippen molar-refractivity contribution >= 4 is 21.9 Å². The molecule has 3 aromatic carbocycles. The van der Waals surface area contributed by atoms with Crippen LogP contribution in [-0.2, 0) is 26.2 Å². The van der Waals surface area contributed by atoms with Crippen LogP contribution in [0.1, 0.15) is 17.2 Å². The van der Waals surface area contributed by atoms with Gasteiger partial charge >= 0.3 is 5.97 Å². The van der Waals surface area contributed by atoms with E-state index in [1.54, 1.807) is 42.5 Å². The molecule has 2 atom stereocenters. The summed E-state index contributed by atoms with van der Waals surface area (Å²) in [5, 5.41) is 10.3. The van der Waals surface area contributed by atoms with E-state index in [2.05, 4.69) is 0 Å². The van der Waals surface area contributed by atoms with Crippen molar-refractivity contribution in [2.75, 3.05) is 13.7 Å². The van der Waals surface area contributed by atoms with Gasteiger partial charge in [0.05, 0.1) is 24.6 Å². The molecule has 0 radical (unpaired) electrons. The lowest BCUT2D eigenvalue weighted by molar-refractivity contribution is -0.153. The number of para-hydroxylation sites is 1. The molecule has 176 valence electrons. The predicted molar refractivity (Wildman–Crippen MR) is 124 cm³/mol. The fourth-order valence-corrected chi connectivity index (χ4v) is 5.80. The molecule has 0 aliphatic carbocycles. The van der Waals surface area contributed by atoms with Gasteiger partial charge in [0.15, 0.2) is 0 Å². The lowest BCUT2D eigenvalue weighted by atomic mass is 9.93. The number of rotatable bonds is 7. The van der Waals surface area contributed by atoms with Crippen LogP contribution in [0, 0.1) is 0 Å². The highest BCUT2D eigenvalue weighted by molar-refractivity contribution is 7.89. The molecule has 0 aromatic heterocycles. The van der Waals surface area contributed by atoms with E-state index in [9.17, 15) is 23.1 Å². The van der Waals surface area contributed by atoms with Crippen molar-refractivity contribution in [1.29, 1.82) is 0 Å². The molecule has 1 fully saturated rings. The zero-order chi connectivity index (χ0) is 24.3. The van der Waals surface area contributed by atoms with Crippen LogP contribution in [0.3, 0.4) is 0 Å². The number of aliphatic carboxylic acids is 1. The smallest absolute Gasteiger partial charge is 0.324 e. The van der Waals surface area contributed by atoms with E-state index < -0.39 is 40.5 Å². The minimum Gasteiger partial charge on any atom is -0.496 e. The van der Waals surface area contributed by atoms with Crippen LogP contribution in [0.25, 0.3) is 0 Å². The number of piperazine rings is 1. The molecular formula is C25H24N2O6S. The summed E-state index contributed by atoms with van der Waals surface area (Å²) >= 11 is 0. The fourth-order valence-electron chi connectivity index (χ4n) is 4.24. The van der Waals surface area contributed by atoms with Gasteiger partial charge in [-0.15, -0.1) is 0 Å². The number of nitrogens with zero attached hydrogens (tertiary/aromatic N) is 2. The molecule has 0 unspecified atom stereocenters. The molecular weight excluding hydrogens is 456 g/mol. The Morgan fingerprint density at radius 3 is 2.18 bits per heavy atom. The van der Waals surface area contributed by atoms with Crippen molar-refractivity contribution in [3.8, 4) is 5.75 Å². The molecule has 0 saturated carbocycles. The number of amides is 1. The number of carbonyl (C=O) groups excluding carboxylic acids is 1. The number of sulfonamides is 1. The average Bonchev–Trinajstić information content (AvgIpc) is 2.85. The second-order valence-corrected chi connectivity index (χ2v) is 9.73. The van der Waals surface area contributed by atoms with E-state index in [1.807, 2.05) is 30.3 Å². The molecule has 8 nitrogen and oxygen atoms in total. The van der Waals surface area contributed by atoms with Gasteiger partial charge in [-0.25, -0.2) is 8.42 Å². The number of hydrogen-bond acceptors (Lipinski definition) is 5. The molecule has 1 amide bonds.